The molecule has 0 saturated heterocycles. The number of aromatic hydroxyl groups is 1. The summed E-state index contributed by atoms with van der Waals surface area (Å²) < 4.78 is 5.77. The quantitative estimate of drug-likeness (QED) is 0.171. The highest BCUT2D eigenvalue weighted by Crippen LogP contribution is 2.26. The number of ketones is 1. The van der Waals surface area contributed by atoms with Gasteiger partial charge in [0.25, 0.3) is 0 Å². The van der Waals surface area contributed by atoms with Gasteiger partial charge >= 0.3 is 0 Å². The lowest BCUT2D eigenvalue weighted by Gasteiger charge is -2.09. The van der Waals surface area contributed by atoms with Crippen molar-refractivity contribution in [1.82, 2.24) is 0 Å². The zero-order valence-electron chi connectivity index (χ0n) is 20.7. The van der Waals surface area contributed by atoms with Crippen LogP contribution >= 0.6 is 0 Å². The second kappa shape index (κ2) is 17.2. The van der Waals surface area contributed by atoms with Crippen LogP contribution in [0.5, 0.6) is 11.5 Å². The van der Waals surface area contributed by atoms with Crippen LogP contribution in [0.4, 0.5) is 0 Å². The first-order valence-corrected chi connectivity index (χ1v) is 13.3. The Hall–Kier alpha value is -2.29. The van der Waals surface area contributed by atoms with E-state index in [0.29, 0.717) is 23.5 Å². The summed E-state index contributed by atoms with van der Waals surface area (Å²) in [5, 5.41) is 10.3. The molecule has 0 atom stereocenters. The summed E-state index contributed by atoms with van der Waals surface area (Å²) in [6.07, 6.45) is 20.2. The molecule has 0 radical (unpaired) electrons. The van der Waals surface area contributed by atoms with Gasteiger partial charge in [-0.3, -0.25) is 4.79 Å². The zero-order valence-corrected chi connectivity index (χ0v) is 20.7. The number of carbonyl (C=O) groups is 1. The SMILES string of the molecule is CCCCCCCCCCCCCCCCCOc1ccc(C(=O)c2ccccc2)c(O)c1. The van der Waals surface area contributed by atoms with E-state index in [1.54, 1.807) is 30.3 Å². The minimum Gasteiger partial charge on any atom is -0.507 e. The lowest BCUT2D eigenvalue weighted by Crippen LogP contribution is -2.02. The lowest BCUT2D eigenvalue weighted by atomic mass is 10.0. The van der Waals surface area contributed by atoms with Crippen LogP contribution in [0.1, 0.15) is 119 Å². The van der Waals surface area contributed by atoms with Crippen molar-refractivity contribution in [3.8, 4) is 11.5 Å². The molecule has 3 nitrogen and oxygen atoms in total. The van der Waals surface area contributed by atoms with Gasteiger partial charge in [-0.25, -0.2) is 0 Å². The molecule has 182 valence electrons. The molecule has 0 spiro atoms. The topological polar surface area (TPSA) is 46.5 Å². The van der Waals surface area contributed by atoms with E-state index in [1.165, 1.54) is 89.9 Å². The van der Waals surface area contributed by atoms with Crippen molar-refractivity contribution in [1.29, 1.82) is 0 Å². The van der Waals surface area contributed by atoms with Crippen molar-refractivity contribution >= 4 is 5.78 Å². The third kappa shape index (κ3) is 11.4. The Morgan fingerprint density at radius 3 is 1.73 bits per heavy atom. The normalized spacial score (nSPS) is 10.9. The van der Waals surface area contributed by atoms with Gasteiger partial charge in [-0.15, -0.1) is 0 Å². The van der Waals surface area contributed by atoms with Crippen molar-refractivity contribution in [2.24, 2.45) is 0 Å². The van der Waals surface area contributed by atoms with Gasteiger partial charge in [-0.05, 0) is 18.6 Å². The van der Waals surface area contributed by atoms with Gasteiger partial charge in [-0.1, -0.05) is 127 Å². The number of carbonyl (C=O) groups excluding carboxylic acids is 1. The maximum Gasteiger partial charge on any atom is 0.196 e. The summed E-state index contributed by atoms with van der Waals surface area (Å²) in [7, 11) is 0. The molecule has 0 amide bonds. The second-order valence-corrected chi connectivity index (χ2v) is 9.17. The fourth-order valence-corrected chi connectivity index (χ4v) is 4.20. The molecule has 0 unspecified atom stereocenters. The number of ether oxygens (including phenoxy) is 1. The predicted molar refractivity (Wildman–Crippen MR) is 138 cm³/mol. The Kier molecular flexibility index (Phi) is 14.1. The fourth-order valence-electron chi connectivity index (χ4n) is 4.20. The molecule has 3 heteroatoms. The summed E-state index contributed by atoms with van der Waals surface area (Å²) in [6, 6.07) is 14.0. The van der Waals surface area contributed by atoms with E-state index in [4.69, 9.17) is 4.74 Å². The summed E-state index contributed by atoms with van der Waals surface area (Å²) in [5.41, 5.74) is 0.875. The first-order valence-electron chi connectivity index (χ1n) is 13.3. The Morgan fingerprint density at radius 1 is 0.697 bits per heavy atom. The molecule has 0 heterocycles. The van der Waals surface area contributed by atoms with Crippen LogP contribution in [0.25, 0.3) is 0 Å². The predicted octanol–water partition coefficient (Wildman–Crippen LogP) is 8.87. The van der Waals surface area contributed by atoms with Gasteiger partial charge in [-0.2, -0.15) is 0 Å². The maximum absolute atomic E-state index is 12.5. The molecule has 0 aliphatic rings. The Labute approximate surface area is 201 Å². The molecular weight excluding hydrogens is 408 g/mol. The van der Waals surface area contributed by atoms with Crippen LogP contribution in [-0.4, -0.2) is 17.5 Å². The van der Waals surface area contributed by atoms with Crippen molar-refractivity contribution in [3.05, 3.63) is 59.7 Å². The van der Waals surface area contributed by atoms with E-state index < -0.39 is 0 Å². The van der Waals surface area contributed by atoms with E-state index in [1.807, 2.05) is 18.2 Å². The van der Waals surface area contributed by atoms with E-state index in [-0.39, 0.29) is 11.5 Å². The van der Waals surface area contributed by atoms with Crippen LogP contribution in [0.3, 0.4) is 0 Å². The highest BCUT2D eigenvalue weighted by Gasteiger charge is 2.14. The number of rotatable bonds is 19. The summed E-state index contributed by atoms with van der Waals surface area (Å²) in [6.45, 7) is 2.92. The number of unbranched alkanes of at least 4 members (excludes halogenated alkanes) is 14. The van der Waals surface area contributed by atoms with Gasteiger partial charge in [0.1, 0.15) is 11.5 Å². The molecule has 2 aromatic rings. The fraction of sp³-hybridized carbons (Fsp3) is 0.567. The second-order valence-electron chi connectivity index (χ2n) is 9.17. The molecule has 0 aliphatic heterocycles. The van der Waals surface area contributed by atoms with E-state index >= 15 is 0 Å². The van der Waals surface area contributed by atoms with Gasteiger partial charge in [0, 0.05) is 11.6 Å². The third-order valence-corrected chi connectivity index (χ3v) is 6.27. The minimum atomic E-state index is -0.179. The number of hydrogen-bond donors (Lipinski definition) is 1. The van der Waals surface area contributed by atoms with E-state index in [9.17, 15) is 9.90 Å². The molecule has 0 aliphatic carbocycles. The summed E-state index contributed by atoms with van der Waals surface area (Å²) in [4.78, 5) is 12.5. The largest absolute Gasteiger partial charge is 0.507 e. The van der Waals surface area contributed by atoms with Crippen LogP contribution in [0, 0.1) is 0 Å². The first-order chi connectivity index (χ1) is 16.2. The summed E-state index contributed by atoms with van der Waals surface area (Å²) >= 11 is 0. The Bertz CT molecular complexity index is 769. The molecule has 0 fully saturated rings. The third-order valence-electron chi connectivity index (χ3n) is 6.27. The van der Waals surface area contributed by atoms with Crippen molar-refractivity contribution in [3.63, 3.8) is 0 Å². The molecule has 0 saturated carbocycles. The van der Waals surface area contributed by atoms with Crippen LogP contribution < -0.4 is 4.74 Å². The van der Waals surface area contributed by atoms with Crippen molar-refractivity contribution < 1.29 is 14.6 Å². The van der Waals surface area contributed by atoms with Crippen molar-refractivity contribution in [2.45, 2.75) is 103 Å². The smallest absolute Gasteiger partial charge is 0.196 e. The van der Waals surface area contributed by atoms with Crippen LogP contribution in [0.2, 0.25) is 0 Å². The lowest BCUT2D eigenvalue weighted by molar-refractivity contribution is 0.103. The van der Waals surface area contributed by atoms with Gasteiger partial charge in [0.05, 0.1) is 12.2 Å². The number of phenols is 1. The molecule has 1 N–H and O–H groups in total. The molecule has 0 bridgehead atoms. The highest BCUT2D eigenvalue weighted by molar-refractivity contribution is 6.10. The van der Waals surface area contributed by atoms with Crippen LogP contribution in [0.15, 0.2) is 48.5 Å². The van der Waals surface area contributed by atoms with Gasteiger partial charge in [0.2, 0.25) is 0 Å². The van der Waals surface area contributed by atoms with Crippen LogP contribution in [-0.2, 0) is 0 Å². The molecule has 33 heavy (non-hydrogen) atoms. The highest BCUT2D eigenvalue weighted by atomic mass is 16.5. The monoisotopic (exact) mass is 452 g/mol. The summed E-state index contributed by atoms with van der Waals surface area (Å²) in [5.74, 6) is 0.405. The molecule has 2 aromatic carbocycles. The maximum atomic E-state index is 12.5. The van der Waals surface area contributed by atoms with Gasteiger partial charge in [0.15, 0.2) is 5.78 Å². The number of hydrogen-bond acceptors (Lipinski definition) is 3. The molecular formula is C30H44O3. The van der Waals surface area contributed by atoms with E-state index in [2.05, 4.69) is 6.92 Å². The minimum absolute atomic E-state index is 0.0298. The van der Waals surface area contributed by atoms with Gasteiger partial charge < -0.3 is 9.84 Å². The number of benzene rings is 2. The molecule has 2 rings (SSSR count). The average molecular weight is 453 g/mol. The Balaban J connectivity index is 1.46. The zero-order chi connectivity index (χ0) is 23.6. The first kappa shape index (κ1) is 27.0. The Morgan fingerprint density at radius 2 is 1.21 bits per heavy atom. The van der Waals surface area contributed by atoms with Crippen molar-refractivity contribution in [2.75, 3.05) is 6.61 Å². The van der Waals surface area contributed by atoms with E-state index in [0.717, 1.165) is 6.42 Å². The average Bonchev–Trinajstić information content (AvgIpc) is 2.84. The standard InChI is InChI=1S/C30H44O3/c1-2-3-4-5-6-7-8-9-10-11-12-13-14-15-19-24-33-27-22-23-28(29(31)25-27)30(32)26-20-17-16-18-21-26/h16-18,20-23,25,31H,2-15,19,24H2,1H3. The number of phenolic OH excluding ortho intramolecular Hbond substituents is 1. The molecule has 0 aromatic heterocycles.